The van der Waals surface area contributed by atoms with Crippen molar-refractivity contribution in [2.45, 2.75) is 38.4 Å². The first-order chi connectivity index (χ1) is 16.1. The fourth-order valence-corrected chi connectivity index (χ4v) is 4.64. The molecule has 1 unspecified atom stereocenters. The van der Waals surface area contributed by atoms with E-state index in [0.717, 1.165) is 6.07 Å². The van der Waals surface area contributed by atoms with E-state index in [4.69, 9.17) is 11.6 Å². The van der Waals surface area contributed by atoms with E-state index in [9.17, 15) is 18.0 Å². The predicted molar refractivity (Wildman–Crippen MR) is 118 cm³/mol. The van der Waals surface area contributed by atoms with Crippen LogP contribution < -0.4 is 0 Å². The second-order valence-electron chi connectivity index (χ2n) is 8.41. The number of aryl methyl sites for hydroxylation is 1. The summed E-state index contributed by atoms with van der Waals surface area (Å²) in [7, 11) is 0. The fraction of sp³-hybridized carbons (Fsp3) is 0.318. The van der Waals surface area contributed by atoms with Gasteiger partial charge in [0.15, 0.2) is 5.69 Å². The highest BCUT2D eigenvalue weighted by Gasteiger charge is 2.45. The van der Waals surface area contributed by atoms with E-state index in [2.05, 4.69) is 25.1 Å². The van der Waals surface area contributed by atoms with Gasteiger partial charge in [-0.05, 0) is 51.0 Å². The summed E-state index contributed by atoms with van der Waals surface area (Å²) in [6.07, 6.45) is -0.330. The van der Waals surface area contributed by atoms with Crippen LogP contribution in [-0.4, -0.2) is 47.3 Å². The van der Waals surface area contributed by atoms with Crippen LogP contribution in [0, 0.1) is 6.92 Å². The summed E-state index contributed by atoms with van der Waals surface area (Å²) in [6.45, 7) is 4.05. The van der Waals surface area contributed by atoms with Crippen LogP contribution in [0.1, 0.15) is 47.3 Å². The van der Waals surface area contributed by atoms with E-state index < -0.39 is 22.3 Å². The lowest BCUT2D eigenvalue weighted by molar-refractivity contribution is -0.137. The lowest BCUT2D eigenvalue weighted by atomic mass is 9.97. The first-order valence-corrected chi connectivity index (χ1v) is 10.9. The number of pyridine rings is 1. The van der Waals surface area contributed by atoms with Gasteiger partial charge in [0, 0.05) is 12.2 Å². The van der Waals surface area contributed by atoms with Crippen LogP contribution >= 0.6 is 11.6 Å². The molecule has 1 aliphatic rings. The molecule has 12 heteroatoms. The van der Waals surface area contributed by atoms with Gasteiger partial charge in [0.05, 0.1) is 39.6 Å². The van der Waals surface area contributed by atoms with Crippen molar-refractivity contribution in [3.8, 4) is 5.69 Å². The van der Waals surface area contributed by atoms with Crippen molar-refractivity contribution in [2.24, 2.45) is 0 Å². The van der Waals surface area contributed by atoms with Crippen LogP contribution in [0.25, 0.3) is 16.7 Å². The SMILES string of the molecule is Cc1ccc(-n2nccn2)c(C(=O)N2CCCC2(C)c2nc3cc(Cl)c(C(F)(F)F)cc3[nH]2)n1. The molecule has 5 rings (SSSR count). The third-order valence-electron chi connectivity index (χ3n) is 6.12. The lowest BCUT2D eigenvalue weighted by Gasteiger charge is -2.33. The van der Waals surface area contributed by atoms with Crippen molar-refractivity contribution in [1.82, 2.24) is 34.8 Å². The normalized spacial score (nSPS) is 18.7. The highest BCUT2D eigenvalue weighted by Crippen LogP contribution is 2.41. The monoisotopic (exact) mass is 489 g/mol. The molecule has 1 atom stereocenters. The van der Waals surface area contributed by atoms with E-state index in [1.165, 1.54) is 23.3 Å². The molecule has 0 spiro atoms. The third kappa shape index (κ3) is 3.60. The Morgan fingerprint density at radius 2 is 1.91 bits per heavy atom. The first kappa shape index (κ1) is 22.3. The summed E-state index contributed by atoms with van der Waals surface area (Å²) in [5.74, 6) is 0.0422. The highest BCUT2D eigenvalue weighted by molar-refractivity contribution is 6.32. The Morgan fingerprint density at radius 1 is 1.18 bits per heavy atom. The third-order valence-corrected chi connectivity index (χ3v) is 6.44. The smallest absolute Gasteiger partial charge is 0.340 e. The van der Waals surface area contributed by atoms with Gasteiger partial charge in [-0.2, -0.15) is 23.4 Å². The molecule has 34 heavy (non-hydrogen) atoms. The van der Waals surface area contributed by atoms with E-state index in [0.29, 0.717) is 42.1 Å². The number of benzene rings is 1. The Kier molecular flexibility index (Phi) is 5.12. The average Bonchev–Trinajstić information content (AvgIpc) is 3.51. The number of likely N-dealkylation sites (tertiary alicyclic amines) is 1. The van der Waals surface area contributed by atoms with Gasteiger partial charge < -0.3 is 9.88 Å². The van der Waals surface area contributed by atoms with Gasteiger partial charge in [-0.1, -0.05) is 11.6 Å². The summed E-state index contributed by atoms with van der Waals surface area (Å²) < 4.78 is 39.9. The van der Waals surface area contributed by atoms with Crippen molar-refractivity contribution in [3.05, 3.63) is 64.5 Å². The molecule has 3 aromatic heterocycles. The summed E-state index contributed by atoms with van der Waals surface area (Å²) in [6, 6.07) is 5.63. The maximum Gasteiger partial charge on any atom is 0.417 e. The number of carbonyl (C=O) groups excluding carboxylic acids is 1. The molecule has 1 fully saturated rings. The first-order valence-electron chi connectivity index (χ1n) is 10.5. The molecular weight excluding hydrogens is 471 g/mol. The van der Waals surface area contributed by atoms with Crippen LogP contribution in [0.4, 0.5) is 13.2 Å². The number of alkyl halides is 3. The quantitative estimate of drug-likeness (QED) is 0.451. The van der Waals surface area contributed by atoms with Crippen molar-refractivity contribution in [2.75, 3.05) is 6.54 Å². The summed E-state index contributed by atoms with van der Waals surface area (Å²) in [5, 5.41) is 7.81. The van der Waals surface area contributed by atoms with Gasteiger partial charge in [-0.25, -0.2) is 9.97 Å². The molecule has 4 heterocycles. The standard InChI is InChI=1S/C22H19ClF3N7O/c1-12-4-5-17(33-27-7-8-28-33)18(29-12)19(34)32-9-3-6-21(32,2)20-30-15-10-13(22(24,25)26)14(23)11-16(15)31-20/h4-5,7-8,10-11H,3,6,9H2,1-2H3,(H,30,31). The number of H-pyrrole nitrogens is 1. The van der Waals surface area contributed by atoms with E-state index in [1.54, 1.807) is 24.0 Å². The van der Waals surface area contributed by atoms with Crippen molar-refractivity contribution in [1.29, 1.82) is 0 Å². The molecule has 8 nitrogen and oxygen atoms in total. The molecule has 1 aliphatic heterocycles. The van der Waals surface area contributed by atoms with E-state index in [1.807, 2.05) is 6.92 Å². The Balaban J connectivity index is 1.57. The van der Waals surface area contributed by atoms with Gasteiger partial charge in [0.1, 0.15) is 11.5 Å². The molecule has 1 amide bonds. The average molecular weight is 490 g/mol. The predicted octanol–water partition coefficient (Wildman–Crippen LogP) is 4.67. The summed E-state index contributed by atoms with van der Waals surface area (Å²) in [5.41, 5.74) is -0.0730. The number of rotatable bonds is 3. The van der Waals surface area contributed by atoms with E-state index in [-0.39, 0.29) is 17.1 Å². The number of nitrogens with one attached hydrogen (secondary N) is 1. The fourth-order valence-electron chi connectivity index (χ4n) is 4.37. The molecule has 0 aliphatic carbocycles. The number of nitrogens with zero attached hydrogens (tertiary/aromatic N) is 6. The van der Waals surface area contributed by atoms with E-state index >= 15 is 0 Å². The van der Waals surface area contributed by atoms with Crippen LogP contribution in [0.5, 0.6) is 0 Å². The van der Waals surface area contributed by atoms with Gasteiger partial charge in [-0.15, -0.1) is 4.80 Å². The van der Waals surface area contributed by atoms with Gasteiger partial charge >= 0.3 is 6.18 Å². The number of aromatic amines is 1. The van der Waals surface area contributed by atoms with Crippen LogP contribution in [0.15, 0.2) is 36.7 Å². The maximum absolute atomic E-state index is 13.7. The van der Waals surface area contributed by atoms with Crippen molar-refractivity contribution < 1.29 is 18.0 Å². The minimum Gasteiger partial charge on any atom is -0.340 e. The molecule has 0 bridgehead atoms. The number of fused-ring (bicyclic) bond motifs is 1. The number of hydrogen-bond acceptors (Lipinski definition) is 5. The minimum absolute atomic E-state index is 0.183. The summed E-state index contributed by atoms with van der Waals surface area (Å²) >= 11 is 5.87. The van der Waals surface area contributed by atoms with Crippen molar-refractivity contribution >= 4 is 28.5 Å². The second kappa shape index (κ2) is 7.79. The lowest BCUT2D eigenvalue weighted by Crippen LogP contribution is -2.44. The molecule has 1 N–H and O–H groups in total. The van der Waals surface area contributed by atoms with Crippen LogP contribution in [0.3, 0.4) is 0 Å². The number of aromatic nitrogens is 6. The number of halogens is 4. The largest absolute Gasteiger partial charge is 0.417 e. The number of hydrogen-bond donors (Lipinski definition) is 1. The molecule has 0 radical (unpaired) electrons. The van der Waals surface area contributed by atoms with Crippen LogP contribution in [0.2, 0.25) is 5.02 Å². The number of amides is 1. The Hall–Kier alpha value is -3.47. The van der Waals surface area contributed by atoms with Gasteiger partial charge in [-0.3, -0.25) is 4.79 Å². The van der Waals surface area contributed by atoms with Crippen LogP contribution in [-0.2, 0) is 11.7 Å². The Bertz CT molecular complexity index is 1400. The highest BCUT2D eigenvalue weighted by atomic mass is 35.5. The Morgan fingerprint density at radius 3 is 2.62 bits per heavy atom. The molecule has 4 aromatic rings. The minimum atomic E-state index is -4.59. The topological polar surface area (TPSA) is 92.6 Å². The zero-order valence-electron chi connectivity index (χ0n) is 18.2. The number of carbonyl (C=O) groups is 1. The zero-order chi connectivity index (χ0) is 24.3. The maximum atomic E-state index is 13.7. The molecular formula is C22H19ClF3N7O. The molecule has 1 saturated heterocycles. The molecule has 1 aromatic carbocycles. The molecule has 176 valence electrons. The van der Waals surface area contributed by atoms with Gasteiger partial charge in [0.2, 0.25) is 0 Å². The summed E-state index contributed by atoms with van der Waals surface area (Å²) in [4.78, 5) is 28.7. The second-order valence-corrected chi connectivity index (χ2v) is 8.81. The zero-order valence-corrected chi connectivity index (χ0v) is 18.9. The van der Waals surface area contributed by atoms with Crippen molar-refractivity contribution in [3.63, 3.8) is 0 Å². The van der Waals surface area contributed by atoms with Gasteiger partial charge in [0.25, 0.3) is 5.91 Å². The Labute approximate surface area is 196 Å². The number of imidazole rings is 1. The molecule has 0 saturated carbocycles.